The molecule has 0 fully saturated rings. The fraction of sp³-hybridized carbons (Fsp3) is 0.355. The number of carbonyl (C=O) groups excluding carboxylic acids is 1. The minimum Gasteiger partial charge on any atom is -0.489 e. The molecule has 3 rings (SSSR count). The van der Waals surface area contributed by atoms with Crippen LogP contribution in [-0.4, -0.2) is 27.9 Å². The lowest BCUT2D eigenvalue weighted by molar-refractivity contribution is -0.384. The molecular formula is C31H36N2O6. The lowest BCUT2D eigenvalue weighted by Crippen LogP contribution is -2.36. The molecule has 3 aromatic carbocycles. The van der Waals surface area contributed by atoms with Crippen LogP contribution in [0.25, 0.3) is 0 Å². The highest BCUT2D eigenvalue weighted by Gasteiger charge is 2.15. The van der Waals surface area contributed by atoms with E-state index in [0.29, 0.717) is 25.9 Å². The number of carbonyl (C=O) groups is 2. The number of carboxylic acid groups (broad SMARTS) is 1. The Balaban J connectivity index is 1.39. The van der Waals surface area contributed by atoms with Crippen LogP contribution in [0.2, 0.25) is 0 Å². The Morgan fingerprint density at radius 2 is 1.56 bits per heavy atom. The Bertz CT molecular complexity index is 1200. The molecule has 8 heteroatoms. The normalized spacial score (nSPS) is 11.5. The summed E-state index contributed by atoms with van der Waals surface area (Å²) in [7, 11) is 0. The van der Waals surface area contributed by atoms with Crippen LogP contribution in [0.4, 0.5) is 5.69 Å². The molecule has 2 N–H and O–H groups in total. The number of hydrogen-bond acceptors (Lipinski definition) is 5. The first-order valence-corrected chi connectivity index (χ1v) is 13.4. The van der Waals surface area contributed by atoms with Crippen molar-refractivity contribution in [2.45, 2.75) is 70.4 Å². The van der Waals surface area contributed by atoms with Gasteiger partial charge in [0.25, 0.3) is 5.69 Å². The van der Waals surface area contributed by atoms with Gasteiger partial charge in [0.1, 0.15) is 12.4 Å². The van der Waals surface area contributed by atoms with Gasteiger partial charge in [0.15, 0.2) is 0 Å². The van der Waals surface area contributed by atoms with E-state index in [9.17, 15) is 19.7 Å². The molecule has 0 bridgehead atoms. The molecule has 1 amide bonds. The molecule has 206 valence electrons. The van der Waals surface area contributed by atoms with Crippen LogP contribution in [0.3, 0.4) is 0 Å². The number of ether oxygens (including phenoxy) is 1. The summed E-state index contributed by atoms with van der Waals surface area (Å²) in [6.45, 7) is 0.478. The average Bonchev–Trinajstić information content (AvgIpc) is 2.94. The third-order valence-corrected chi connectivity index (χ3v) is 6.47. The number of aliphatic carboxylic acids is 1. The summed E-state index contributed by atoms with van der Waals surface area (Å²) in [5.74, 6) is -0.214. The Labute approximate surface area is 229 Å². The van der Waals surface area contributed by atoms with Gasteiger partial charge in [0.05, 0.1) is 4.92 Å². The van der Waals surface area contributed by atoms with E-state index in [2.05, 4.69) is 5.32 Å². The van der Waals surface area contributed by atoms with Gasteiger partial charge >= 0.3 is 5.97 Å². The smallest absolute Gasteiger partial charge is 0.303 e. The molecule has 0 aliphatic rings. The zero-order valence-corrected chi connectivity index (χ0v) is 22.1. The van der Waals surface area contributed by atoms with Gasteiger partial charge < -0.3 is 15.2 Å². The molecule has 39 heavy (non-hydrogen) atoms. The van der Waals surface area contributed by atoms with Crippen molar-refractivity contribution in [2.24, 2.45) is 0 Å². The number of hydrogen-bond donors (Lipinski definition) is 2. The summed E-state index contributed by atoms with van der Waals surface area (Å²) >= 11 is 0. The van der Waals surface area contributed by atoms with E-state index in [-0.39, 0.29) is 29.0 Å². The maximum atomic E-state index is 12.6. The van der Waals surface area contributed by atoms with E-state index >= 15 is 0 Å². The molecule has 1 atom stereocenters. The van der Waals surface area contributed by atoms with Gasteiger partial charge in [-0.05, 0) is 60.9 Å². The number of unbranched alkanes of at least 4 members (excludes halogenated alkanes) is 3. The van der Waals surface area contributed by atoms with Gasteiger partial charge in [0.2, 0.25) is 5.91 Å². The second kappa shape index (κ2) is 15.9. The van der Waals surface area contributed by atoms with Crippen molar-refractivity contribution >= 4 is 17.6 Å². The van der Waals surface area contributed by atoms with Gasteiger partial charge in [0, 0.05) is 31.0 Å². The van der Waals surface area contributed by atoms with Crippen LogP contribution in [0, 0.1) is 10.1 Å². The second-order valence-corrected chi connectivity index (χ2v) is 9.66. The molecule has 0 spiro atoms. The highest BCUT2D eigenvalue weighted by Crippen LogP contribution is 2.18. The third kappa shape index (κ3) is 11.4. The molecule has 1 unspecified atom stereocenters. The van der Waals surface area contributed by atoms with Gasteiger partial charge in [-0.3, -0.25) is 19.7 Å². The number of nitro benzene ring substituents is 1. The summed E-state index contributed by atoms with van der Waals surface area (Å²) in [6.07, 6.45) is 5.48. The number of non-ortho nitro benzene ring substituents is 1. The van der Waals surface area contributed by atoms with Crippen molar-refractivity contribution in [3.8, 4) is 5.75 Å². The summed E-state index contributed by atoms with van der Waals surface area (Å²) in [4.78, 5) is 34.2. The van der Waals surface area contributed by atoms with E-state index in [1.54, 1.807) is 12.1 Å². The zero-order valence-electron chi connectivity index (χ0n) is 22.1. The van der Waals surface area contributed by atoms with Crippen LogP contribution < -0.4 is 10.1 Å². The number of carboxylic acids is 1. The SMILES string of the molecule is O=C(O)CCC(Cc1ccc(OCc2ccccc2)cc1)NC(=O)CCCCCCc1cccc([N+](=O)[O-])c1. The highest BCUT2D eigenvalue weighted by atomic mass is 16.6. The number of benzene rings is 3. The molecule has 3 aromatic rings. The predicted octanol–water partition coefficient (Wildman–Crippen LogP) is 6.26. The van der Waals surface area contributed by atoms with E-state index in [1.807, 2.05) is 60.7 Å². The number of aryl methyl sites for hydroxylation is 1. The minimum absolute atomic E-state index is 0.0130. The second-order valence-electron chi connectivity index (χ2n) is 9.66. The topological polar surface area (TPSA) is 119 Å². The predicted molar refractivity (Wildman–Crippen MR) is 150 cm³/mol. The van der Waals surface area contributed by atoms with Gasteiger partial charge in [-0.2, -0.15) is 0 Å². The van der Waals surface area contributed by atoms with Crippen LogP contribution in [0.15, 0.2) is 78.9 Å². The average molecular weight is 533 g/mol. The monoisotopic (exact) mass is 532 g/mol. The summed E-state index contributed by atoms with van der Waals surface area (Å²) in [6, 6.07) is 24.0. The van der Waals surface area contributed by atoms with Crippen LogP contribution in [0.1, 0.15) is 61.6 Å². The van der Waals surface area contributed by atoms with Crippen molar-refractivity contribution in [2.75, 3.05) is 0 Å². The van der Waals surface area contributed by atoms with Crippen molar-refractivity contribution in [3.63, 3.8) is 0 Å². The molecule has 0 radical (unpaired) electrons. The van der Waals surface area contributed by atoms with Crippen molar-refractivity contribution < 1.29 is 24.4 Å². The summed E-state index contributed by atoms with van der Waals surface area (Å²) in [5, 5.41) is 23.1. The van der Waals surface area contributed by atoms with E-state index in [4.69, 9.17) is 9.84 Å². The van der Waals surface area contributed by atoms with Crippen LogP contribution in [-0.2, 0) is 29.0 Å². The molecule has 0 saturated carbocycles. The van der Waals surface area contributed by atoms with Gasteiger partial charge in [-0.25, -0.2) is 0 Å². The van der Waals surface area contributed by atoms with Gasteiger partial charge in [-0.1, -0.05) is 67.4 Å². The van der Waals surface area contributed by atoms with Crippen molar-refractivity contribution in [1.29, 1.82) is 0 Å². The fourth-order valence-corrected chi connectivity index (χ4v) is 4.36. The first-order valence-electron chi connectivity index (χ1n) is 13.4. The largest absolute Gasteiger partial charge is 0.489 e. The lowest BCUT2D eigenvalue weighted by Gasteiger charge is -2.18. The highest BCUT2D eigenvalue weighted by molar-refractivity contribution is 5.76. The first kappa shape index (κ1) is 29.4. The summed E-state index contributed by atoms with van der Waals surface area (Å²) in [5.41, 5.74) is 3.13. The van der Waals surface area contributed by atoms with Crippen LogP contribution in [0.5, 0.6) is 5.75 Å². The molecule has 0 heterocycles. The molecule has 0 aromatic heterocycles. The fourth-order valence-electron chi connectivity index (χ4n) is 4.36. The van der Waals surface area contributed by atoms with E-state index < -0.39 is 5.97 Å². The standard InChI is InChI=1S/C31H36N2O6/c34-30(14-7-2-1-4-9-24-12-8-13-28(22-24)33(37)38)32-27(17-20-31(35)36)21-25-15-18-29(19-16-25)39-23-26-10-5-3-6-11-26/h3,5-6,8,10-13,15-16,18-19,22,27H,1-2,4,7,9,14,17,20-21,23H2,(H,32,34)(H,35,36). The molecule has 8 nitrogen and oxygen atoms in total. The first-order chi connectivity index (χ1) is 18.9. The molecule has 0 aliphatic heterocycles. The number of rotatable bonds is 17. The Hall–Kier alpha value is -4.20. The Morgan fingerprint density at radius 1 is 0.846 bits per heavy atom. The van der Waals surface area contributed by atoms with Crippen molar-refractivity contribution in [1.82, 2.24) is 5.32 Å². The maximum Gasteiger partial charge on any atom is 0.303 e. The molecule has 0 aliphatic carbocycles. The van der Waals surface area contributed by atoms with E-state index in [0.717, 1.165) is 54.5 Å². The Morgan fingerprint density at radius 3 is 2.28 bits per heavy atom. The lowest BCUT2D eigenvalue weighted by atomic mass is 10.0. The maximum absolute atomic E-state index is 12.6. The number of nitrogens with one attached hydrogen (secondary N) is 1. The molecular weight excluding hydrogens is 496 g/mol. The molecule has 0 saturated heterocycles. The van der Waals surface area contributed by atoms with Crippen molar-refractivity contribution in [3.05, 3.63) is 106 Å². The van der Waals surface area contributed by atoms with Gasteiger partial charge in [-0.15, -0.1) is 0 Å². The van der Waals surface area contributed by atoms with E-state index in [1.165, 1.54) is 6.07 Å². The quantitative estimate of drug-likeness (QED) is 0.120. The van der Waals surface area contributed by atoms with Crippen LogP contribution >= 0.6 is 0 Å². The third-order valence-electron chi connectivity index (χ3n) is 6.47. The Kier molecular flexibility index (Phi) is 12.0. The zero-order chi connectivity index (χ0) is 27.9. The minimum atomic E-state index is -0.886. The summed E-state index contributed by atoms with van der Waals surface area (Å²) < 4.78 is 5.83. The number of nitrogens with zero attached hydrogens (tertiary/aromatic N) is 1. The number of amides is 1. The number of nitro groups is 1.